The van der Waals surface area contributed by atoms with Crippen LogP contribution in [0.3, 0.4) is 0 Å². The summed E-state index contributed by atoms with van der Waals surface area (Å²) in [5.41, 5.74) is 1.90. The first kappa shape index (κ1) is 15.9. The molecular formula is C16H15Cl2N5. The van der Waals surface area contributed by atoms with Crippen LogP contribution in [-0.4, -0.2) is 20.2 Å². The van der Waals surface area contributed by atoms with E-state index in [1.54, 1.807) is 10.7 Å². The van der Waals surface area contributed by atoms with E-state index in [-0.39, 0.29) is 6.04 Å². The summed E-state index contributed by atoms with van der Waals surface area (Å²) in [7, 11) is 0. The number of para-hydroxylation sites is 1. The Balaban J connectivity index is 1.73. The van der Waals surface area contributed by atoms with Crippen molar-refractivity contribution >= 4 is 23.2 Å². The van der Waals surface area contributed by atoms with E-state index in [1.165, 1.54) is 0 Å². The Labute approximate surface area is 144 Å². The summed E-state index contributed by atoms with van der Waals surface area (Å²) in [6.45, 7) is 2.55. The lowest BCUT2D eigenvalue weighted by Crippen LogP contribution is -2.21. The van der Waals surface area contributed by atoms with Gasteiger partial charge in [-0.2, -0.15) is 4.68 Å². The van der Waals surface area contributed by atoms with Crippen molar-refractivity contribution in [3.8, 4) is 5.69 Å². The van der Waals surface area contributed by atoms with Gasteiger partial charge in [-0.05, 0) is 47.2 Å². The molecule has 3 aromatic rings. The zero-order chi connectivity index (χ0) is 16.2. The number of rotatable bonds is 5. The Morgan fingerprint density at radius 3 is 2.65 bits per heavy atom. The highest BCUT2D eigenvalue weighted by molar-refractivity contribution is 6.35. The first-order chi connectivity index (χ1) is 11.1. The van der Waals surface area contributed by atoms with Crippen molar-refractivity contribution < 1.29 is 0 Å². The molecular weight excluding hydrogens is 333 g/mol. The molecule has 0 amide bonds. The van der Waals surface area contributed by atoms with Gasteiger partial charge in [-0.15, -0.1) is 5.10 Å². The summed E-state index contributed by atoms with van der Waals surface area (Å²) >= 11 is 12.2. The summed E-state index contributed by atoms with van der Waals surface area (Å²) in [6, 6.07) is 15.3. The van der Waals surface area contributed by atoms with Gasteiger partial charge in [-0.1, -0.05) is 47.5 Å². The summed E-state index contributed by atoms with van der Waals surface area (Å²) < 4.78 is 1.71. The van der Waals surface area contributed by atoms with Crippen molar-refractivity contribution in [2.45, 2.75) is 19.5 Å². The Morgan fingerprint density at radius 1 is 1.13 bits per heavy atom. The molecule has 0 spiro atoms. The van der Waals surface area contributed by atoms with E-state index >= 15 is 0 Å². The van der Waals surface area contributed by atoms with Crippen molar-refractivity contribution in [3.63, 3.8) is 0 Å². The van der Waals surface area contributed by atoms with E-state index in [9.17, 15) is 0 Å². The lowest BCUT2D eigenvalue weighted by Gasteiger charge is -2.15. The fraction of sp³-hybridized carbons (Fsp3) is 0.188. The molecule has 0 aliphatic rings. The molecule has 0 saturated heterocycles. The van der Waals surface area contributed by atoms with Gasteiger partial charge in [0.25, 0.3) is 0 Å². The van der Waals surface area contributed by atoms with Crippen molar-refractivity contribution in [2.75, 3.05) is 0 Å². The van der Waals surface area contributed by atoms with Gasteiger partial charge in [-0.3, -0.25) is 0 Å². The third kappa shape index (κ3) is 3.69. The van der Waals surface area contributed by atoms with Gasteiger partial charge in [0.05, 0.1) is 12.2 Å². The molecule has 23 heavy (non-hydrogen) atoms. The zero-order valence-corrected chi connectivity index (χ0v) is 14.0. The normalized spacial score (nSPS) is 12.3. The molecule has 0 fully saturated rings. The van der Waals surface area contributed by atoms with Crippen LogP contribution in [0, 0.1) is 0 Å². The standard InChI is InChI=1S/C16H15Cl2N5/c1-11(14-8-7-12(17)9-15(14)18)19-10-16-20-21-22-23(16)13-5-3-2-4-6-13/h2-9,11,19H,10H2,1H3/t11-/m0/s1. The Bertz CT molecular complexity index is 788. The first-order valence-electron chi connectivity index (χ1n) is 7.16. The van der Waals surface area contributed by atoms with Gasteiger partial charge in [0, 0.05) is 16.1 Å². The van der Waals surface area contributed by atoms with Gasteiger partial charge in [0.1, 0.15) is 0 Å². The molecule has 0 radical (unpaired) electrons. The molecule has 0 aliphatic carbocycles. The minimum Gasteiger partial charge on any atom is -0.303 e. The monoisotopic (exact) mass is 347 g/mol. The van der Waals surface area contributed by atoms with Crippen LogP contribution in [0.1, 0.15) is 24.4 Å². The minimum absolute atomic E-state index is 0.0423. The maximum absolute atomic E-state index is 6.24. The Kier molecular flexibility index (Phi) is 4.91. The predicted molar refractivity (Wildman–Crippen MR) is 90.9 cm³/mol. The molecule has 0 aliphatic heterocycles. The maximum atomic E-state index is 6.24. The van der Waals surface area contributed by atoms with Crippen LogP contribution in [0.15, 0.2) is 48.5 Å². The van der Waals surface area contributed by atoms with E-state index in [2.05, 4.69) is 20.8 Å². The van der Waals surface area contributed by atoms with Crippen LogP contribution in [0.4, 0.5) is 0 Å². The van der Waals surface area contributed by atoms with Crippen molar-refractivity contribution in [2.24, 2.45) is 0 Å². The predicted octanol–water partition coefficient (Wildman–Crippen LogP) is 3.82. The van der Waals surface area contributed by atoms with E-state index in [0.717, 1.165) is 17.1 Å². The van der Waals surface area contributed by atoms with Crippen molar-refractivity contribution in [1.29, 1.82) is 0 Å². The van der Waals surface area contributed by atoms with Gasteiger partial charge in [0.15, 0.2) is 5.82 Å². The lowest BCUT2D eigenvalue weighted by atomic mass is 10.1. The van der Waals surface area contributed by atoms with E-state index < -0.39 is 0 Å². The van der Waals surface area contributed by atoms with Crippen LogP contribution >= 0.6 is 23.2 Å². The number of aromatic nitrogens is 4. The van der Waals surface area contributed by atoms with Crippen molar-refractivity contribution in [1.82, 2.24) is 25.5 Å². The molecule has 118 valence electrons. The number of hydrogen-bond acceptors (Lipinski definition) is 4. The van der Waals surface area contributed by atoms with Crippen LogP contribution in [0.25, 0.3) is 5.69 Å². The average Bonchev–Trinajstić information content (AvgIpc) is 3.02. The summed E-state index contributed by atoms with van der Waals surface area (Å²) in [6.07, 6.45) is 0. The minimum atomic E-state index is 0.0423. The highest BCUT2D eigenvalue weighted by atomic mass is 35.5. The number of halogens is 2. The van der Waals surface area contributed by atoms with E-state index in [4.69, 9.17) is 23.2 Å². The lowest BCUT2D eigenvalue weighted by molar-refractivity contribution is 0.551. The fourth-order valence-electron chi connectivity index (χ4n) is 2.29. The second-order valence-corrected chi connectivity index (χ2v) is 5.95. The van der Waals surface area contributed by atoms with Gasteiger partial charge in [-0.25, -0.2) is 0 Å². The van der Waals surface area contributed by atoms with E-state index in [0.29, 0.717) is 16.6 Å². The third-order valence-corrected chi connectivity index (χ3v) is 4.09. The molecule has 7 heteroatoms. The van der Waals surface area contributed by atoms with E-state index in [1.807, 2.05) is 49.4 Å². The molecule has 2 aromatic carbocycles. The van der Waals surface area contributed by atoms with Gasteiger partial charge < -0.3 is 5.32 Å². The molecule has 0 unspecified atom stereocenters. The molecule has 0 bridgehead atoms. The Morgan fingerprint density at radius 2 is 1.91 bits per heavy atom. The number of nitrogens with zero attached hydrogens (tertiary/aromatic N) is 4. The summed E-state index contributed by atoms with van der Waals surface area (Å²) in [5, 5.41) is 16.5. The number of tetrazole rings is 1. The molecule has 5 nitrogen and oxygen atoms in total. The van der Waals surface area contributed by atoms with Crippen LogP contribution in [-0.2, 0) is 6.54 Å². The van der Waals surface area contributed by atoms with Crippen LogP contribution in [0.2, 0.25) is 10.0 Å². The molecule has 0 saturated carbocycles. The molecule has 1 N–H and O–H groups in total. The van der Waals surface area contributed by atoms with Crippen LogP contribution < -0.4 is 5.32 Å². The fourth-order valence-corrected chi connectivity index (χ4v) is 2.86. The van der Waals surface area contributed by atoms with Gasteiger partial charge in [0.2, 0.25) is 0 Å². The smallest absolute Gasteiger partial charge is 0.170 e. The first-order valence-corrected chi connectivity index (χ1v) is 7.92. The maximum Gasteiger partial charge on any atom is 0.170 e. The summed E-state index contributed by atoms with van der Waals surface area (Å²) in [5.74, 6) is 0.730. The average molecular weight is 348 g/mol. The number of benzene rings is 2. The second kappa shape index (κ2) is 7.08. The van der Waals surface area contributed by atoms with Gasteiger partial charge >= 0.3 is 0 Å². The topological polar surface area (TPSA) is 55.6 Å². The Hall–Kier alpha value is -1.95. The highest BCUT2D eigenvalue weighted by Crippen LogP contribution is 2.26. The SMILES string of the molecule is C[C@H](NCc1nnnn1-c1ccccc1)c1ccc(Cl)cc1Cl. The molecule has 1 heterocycles. The van der Waals surface area contributed by atoms with Crippen LogP contribution in [0.5, 0.6) is 0 Å². The highest BCUT2D eigenvalue weighted by Gasteiger charge is 2.13. The number of nitrogens with one attached hydrogen (secondary N) is 1. The molecule has 1 atom stereocenters. The molecule has 3 rings (SSSR count). The zero-order valence-electron chi connectivity index (χ0n) is 12.4. The quantitative estimate of drug-likeness (QED) is 0.762. The summed E-state index contributed by atoms with van der Waals surface area (Å²) in [4.78, 5) is 0. The van der Waals surface area contributed by atoms with Crippen molar-refractivity contribution in [3.05, 3.63) is 70.0 Å². The second-order valence-electron chi connectivity index (χ2n) is 5.11. The third-order valence-electron chi connectivity index (χ3n) is 3.53. The largest absolute Gasteiger partial charge is 0.303 e. The number of hydrogen-bond donors (Lipinski definition) is 1. The molecule has 1 aromatic heterocycles.